The van der Waals surface area contributed by atoms with Crippen molar-refractivity contribution >= 4 is 29.1 Å². The van der Waals surface area contributed by atoms with E-state index in [9.17, 15) is 4.79 Å². The lowest BCUT2D eigenvalue weighted by molar-refractivity contribution is 0.0106. The van der Waals surface area contributed by atoms with Crippen molar-refractivity contribution in [3.63, 3.8) is 0 Å². The van der Waals surface area contributed by atoms with Crippen molar-refractivity contribution in [3.8, 4) is 0 Å². The van der Waals surface area contributed by atoms with Crippen LogP contribution in [0.2, 0.25) is 0 Å². The second-order valence-corrected chi connectivity index (χ2v) is 9.00. The fourth-order valence-corrected chi connectivity index (χ4v) is 4.68. The van der Waals surface area contributed by atoms with Gasteiger partial charge in [-0.3, -0.25) is 4.98 Å². The first-order valence-corrected chi connectivity index (χ1v) is 12.2. The van der Waals surface area contributed by atoms with E-state index in [2.05, 4.69) is 77.0 Å². The van der Waals surface area contributed by atoms with Crippen molar-refractivity contribution in [2.75, 3.05) is 19.7 Å². The summed E-state index contributed by atoms with van der Waals surface area (Å²) in [6.07, 6.45) is 5.01. The maximum atomic E-state index is 12.1. The van der Waals surface area contributed by atoms with Crippen molar-refractivity contribution in [2.45, 2.75) is 31.5 Å². The van der Waals surface area contributed by atoms with E-state index < -0.39 is 0 Å². The summed E-state index contributed by atoms with van der Waals surface area (Å²) in [6, 6.07) is 27.1. The molecule has 1 aromatic heterocycles. The summed E-state index contributed by atoms with van der Waals surface area (Å²) in [6.45, 7) is 2.79. The van der Waals surface area contributed by atoms with Crippen molar-refractivity contribution in [2.24, 2.45) is 0 Å². The monoisotopic (exact) mass is 502 g/mol. The molecule has 0 saturated carbocycles. The molecular formula is C30H31ClN2O3. The maximum absolute atomic E-state index is 12.1. The molecule has 1 fully saturated rings. The van der Waals surface area contributed by atoms with Gasteiger partial charge in [-0.2, -0.15) is 0 Å². The molecule has 1 N–H and O–H groups in total. The molecule has 5 nitrogen and oxygen atoms in total. The van der Waals surface area contributed by atoms with Gasteiger partial charge in [-0.15, -0.1) is 12.4 Å². The third kappa shape index (κ3) is 6.49. The number of carbonyl (C=O) groups excluding carboxylic acids is 1. The molecule has 36 heavy (non-hydrogen) atoms. The highest BCUT2D eigenvalue weighted by molar-refractivity contribution is 5.88. The summed E-state index contributed by atoms with van der Waals surface area (Å²) in [5.41, 5.74) is 4.12. The number of hydrogen-bond acceptors (Lipinski definition) is 5. The van der Waals surface area contributed by atoms with E-state index in [0.717, 1.165) is 25.1 Å². The summed E-state index contributed by atoms with van der Waals surface area (Å²) in [4.78, 5) is 16.0. The smallest absolute Gasteiger partial charge is 0.339 e. The van der Waals surface area contributed by atoms with Crippen LogP contribution in [0.4, 0.5) is 0 Å². The van der Waals surface area contributed by atoms with Crippen LogP contribution >= 0.6 is 12.4 Å². The first-order chi connectivity index (χ1) is 17.3. The van der Waals surface area contributed by atoms with Gasteiger partial charge < -0.3 is 14.8 Å². The number of rotatable bonds is 8. The quantitative estimate of drug-likeness (QED) is 0.312. The van der Waals surface area contributed by atoms with Gasteiger partial charge in [0.2, 0.25) is 0 Å². The molecule has 2 heterocycles. The average Bonchev–Trinajstić information content (AvgIpc) is 2.93. The summed E-state index contributed by atoms with van der Waals surface area (Å²) in [7, 11) is 0. The van der Waals surface area contributed by atoms with Crippen LogP contribution in [-0.4, -0.2) is 36.8 Å². The lowest BCUT2D eigenvalue weighted by atomic mass is 9.87. The van der Waals surface area contributed by atoms with Crippen molar-refractivity contribution in [1.82, 2.24) is 10.3 Å². The Morgan fingerprint density at radius 3 is 2.56 bits per heavy atom. The van der Waals surface area contributed by atoms with Crippen LogP contribution in [0, 0.1) is 0 Å². The SMILES string of the molecule is Cl.O=C(OCCc1ccc(C2CCNCC2OCc2ccc3ccccc3c2)cc1)c1cccnc1. The van der Waals surface area contributed by atoms with E-state index in [0.29, 0.717) is 31.1 Å². The van der Waals surface area contributed by atoms with Crippen LogP contribution in [0.25, 0.3) is 10.8 Å². The summed E-state index contributed by atoms with van der Waals surface area (Å²) >= 11 is 0. The molecule has 0 aliphatic carbocycles. The van der Waals surface area contributed by atoms with Gasteiger partial charge in [0.05, 0.1) is 24.9 Å². The third-order valence-electron chi connectivity index (χ3n) is 6.63. The molecule has 2 atom stereocenters. The Kier molecular flexibility index (Phi) is 9.06. The Morgan fingerprint density at radius 1 is 0.944 bits per heavy atom. The van der Waals surface area contributed by atoms with Gasteiger partial charge in [0, 0.05) is 31.3 Å². The molecule has 0 bridgehead atoms. The molecular weight excluding hydrogens is 472 g/mol. The number of fused-ring (bicyclic) bond motifs is 1. The lowest BCUT2D eigenvalue weighted by Gasteiger charge is -2.32. The molecule has 5 rings (SSSR count). The highest BCUT2D eigenvalue weighted by Crippen LogP contribution is 2.29. The normalized spacial score (nSPS) is 17.3. The molecule has 1 aliphatic rings. The largest absolute Gasteiger partial charge is 0.462 e. The number of pyridine rings is 1. The zero-order valence-corrected chi connectivity index (χ0v) is 21.0. The van der Waals surface area contributed by atoms with Crippen LogP contribution in [0.3, 0.4) is 0 Å². The topological polar surface area (TPSA) is 60.5 Å². The van der Waals surface area contributed by atoms with E-state index >= 15 is 0 Å². The molecule has 4 aromatic rings. The lowest BCUT2D eigenvalue weighted by Crippen LogP contribution is -2.40. The van der Waals surface area contributed by atoms with E-state index in [-0.39, 0.29) is 24.5 Å². The number of carbonyl (C=O) groups is 1. The number of aromatic nitrogens is 1. The molecule has 0 radical (unpaired) electrons. The second kappa shape index (κ2) is 12.6. The predicted molar refractivity (Wildman–Crippen MR) is 145 cm³/mol. The number of ether oxygens (including phenoxy) is 2. The fourth-order valence-electron chi connectivity index (χ4n) is 4.68. The Bertz CT molecular complexity index is 1260. The Balaban J connectivity index is 0.00000304. The first-order valence-electron chi connectivity index (χ1n) is 12.2. The third-order valence-corrected chi connectivity index (χ3v) is 6.63. The zero-order valence-electron chi connectivity index (χ0n) is 20.1. The van der Waals surface area contributed by atoms with Crippen LogP contribution in [0.1, 0.15) is 39.4 Å². The van der Waals surface area contributed by atoms with E-state index in [1.807, 2.05) is 0 Å². The minimum absolute atomic E-state index is 0. The predicted octanol–water partition coefficient (Wildman–Crippen LogP) is 5.72. The molecule has 186 valence electrons. The number of hydrogen-bond donors (Lipinski definition) is 1. The Labute approximate surface area is 218 Å². The zero-order chi connectivity index (χ0) is 23.9. The van der Waals surface area contributed by atoms with Crippen LogP contribution < -0.4 is 5.32 Å². The molecule has 1 aliphatic heterocycles. The van der Waals surface area contributed by atoms with E-state index in [1.54, 1.807) is 18.3 Å². The van der Waals surface area contributed by atoms with Crippen LogP contribution in [0.5, 0.6) is 0 Å². The van der Waals surface area contributed by atoms with Gasteiger partial charge >= 0.3 is 5.97 Å². The highest BCUT2D eigenvalue weighted by Gasteiger charge is 2.27. The standard InChI is InChI=1S/C30H30N2O3.ClH/c33-30(27-6-3-15-31-19-27)34-17-14-22-7-11-25(12-8-22)28-13-16-32-20-29(28)35-21-23-9-10-24-4-1-2-5-26(24)18-23;/h1-12,15,18-19,28-29,32H,13-14,16-17,20-21H2;1H. The Morgan fingerprint density at radius 2 is 1.75 bits per heavy atom. The Hall–Kier alpha value is -3.25. The minimum Gasteiger partial charge on any atom is -0.462 e. The molecule has 3 aromatic carbocycles. The average molecular weight is 503 g/mol. The van der Waals surface area contributed by atoms with Gasteiger partial charge in [-0.1, -0.05) is 60.7 Å². The van der Waals surface area contributed by atoms with Gasteiger partial charge in [0.1, 0.15) is 0 Å². The van der Waals surface area contributed by atoms with E-state index in [4.69, 9.17) is 9.47 Å². The summed E-state index contributed by atoms with van der Waals surface area (Å²) < 4.78 is 11.8. The number of piperidine rings is 1. The summed E-state index contributed by atoms with van der Waals surface area (Å²) in [5, 5.41) is 5.98. The number of esters is 1. The van der Waals surface area contributed by atoms with Crippen LogP contribution in [0.15, 0.2) is 91.3 Å². The van der Waals surface area contributed by atoms with Gasteiger partial charge in [0.25, 0.3) is 0 Å². The number of benzene rings is 3. The second-order valence-electron chi connectivity index (χ2n) is 9.00. The van der Waals surface area contributed by atoms with Gasteiger partial charge in [0.15, 0.2) is 0 Å². The molecule has 0 amide bonds. The number of nitrogens with one attached hydrogen (secondary N) is 1. The first kappa shape index (κ1) is 25.8. The number of halogens is 1. The molecule has 2 unspecified atom stereocenters. The maximum Gasteiger partial charge on any atom is 0.339 e. The molecule has 6 heteroatoms. The number of nitrogens with zero attached hydrogens (tertiary/aromatic N) is 1. The van der Waals surface area contributed by atoms with Crippen LogP contribution in [-0.2, 0) is 22.5 Å². The van der Waals surface area contributed by atoms with Gasteiger partial charge in [-0.05, 0) is 58.6 Å². The van der Waals surface area contributed by atoms with E-state index in [1.165, 1.54) is 28.1 Å². The fraction of sp³-hybridized carbons (Fsp3) is 0.267. The van der Waals surface area contributed by atoms with Crippen molar-refractivity contribution in [1.29, 1.82) is 0 Å². The van der Waals surface area contributed by atoms with Crippen molar-refractivity contribution < 1.29 is 14.3 Å². The van der Waals surface area contributed by atoms with Gasteiger partial charge in [-0.25, -0.2) is 4.79 Å². The molecule has 0 spiro atoms. The summed E-state index contributed by atoms with van der Waals surface area (Å²) in [5.74, 6) is 0.0185. The minimum atomic E-state index is -0.337. The highest BCUT2D eigenvalue weighted by atomic mass is 35.5. The van der Waals surface area contributed by atoms with Crippen molar-refractivity contribution in [3.05, 3.63) is 114 Å². The molecule has 1 saturated heterocycles.